The average Bonchev–Trinajstić information content (AvgIpc) is 2.77. The van der Waals surface area contributed by atoms with Gasteiger partial charge in [0, 0.05) is 21.3 Å². The van der Waals surface area contributed by atoms with Crippen LogP contribution in [0.4, 0.5) is 5.69 Å². The van der Waals surface area contributed by atoms with Crippen molar-refractivity contribution in [2.45, 2.75) is 6.61 Å². The average molecular weight is 488 g/mol. The molecule has 0 atom stereocenters. The van der Waals surface area contributed by atoms with E-state index in [9.17, 15) is 10.1 Å². The number of ether oxygens (including phenoxy) is 2. The largest absolute Gasteiger partial charge is 0.493 e. The lowest BCUT2D eigenvalue weighted by Crippen LogP contribution is -2.13. The highest BCUT2D eigenvalue weighted by molar-refractivity contribution is 6.32. The number of anilines is 1. The van der Waals surface area contributed by atoms with E-state index in [1.165, 1.54) is 13.2 Å². The standard InChI is InChI=1S/C24H17Cl3N2O3/c1-31-22-11-15(9-17(13-28)24(30)29-19-7-4-6-18(25)12-19)10-21(27)23(22)32-14-16-5-2-3-8-20(16)26/h2-12H,14H2,1H3,(H,29,30)/b17-9+. The molecule has 0 saturated carbocycles. The Hall–Kier alpha value is -3.17. The summed E-state index contributed by atoms with van der Waals surface area (Å²) >= 11 is 18.5. The molecule has 3 rings (SSSR count). The summed E-state index contributed by atoms with van der Waals surface area (Å²) in [6, 6.07) is 19.0. The van der Waals surface area contributed by atoms with E-state index in [0.29, 0.717) is 32.8 Å². The zero-order valence-electron chi connectivity index (χ0n) is 16.9. The van der Waals surface area contributed by atoms with Crippen LogP contribution in [0.2, 0.25) is 15.1 Å². The van der Waals surface area contributed by atoms with Gasteiger partial charge >= 0.3 is 0 Å². The minimum absolute atomic E-state index is 0.118. The van der Waals surface area contributed by atoms with Crippen molar-refractivity contribution >= 4 is 52.5 Å². The Balaban J connectivity index is 1.83. The number of nitrogens with one attached hydrogen (secondary N) is 1. The predicted octanol–water partition coefficient (Wildman–Crippen LogP) is 6.78. The summed E-state index contributed by atoms with van der Waals surface area (Å²) in [4.78, 5) is 12.5. The second-order valence-electron chi connectivity index (χ2n) is 6.55. The van der Waals surface area contributed by atoms with E-state index in [1.54, 1.807) is 42.5 Å². The third-order valence-electron chi connectivity index (χ3n) is 4.34. The topological polar surface area (TPSA) is 71.3 Å². The lowest BCUT2D eigenvalue weighted by molar-refractivity contribution is -0.112. The van der Waals surface area contributed by atoms with Gasteiger partial charge in [-0.3, -0.25) is 4.79 Å². The van der Waals surface area contributed by atoms with Gasteiger partial charge in [-0.1, -0.05) is 59.1 Å². The fraction of sp³-hybridized carbons (Fsp3) is 0.0833. The molecule has 3 aromatic carbocycles. The molecule has 162 valence electrons. The molecule has 0 bridgehead atoms. The Kier molecular flexibility index (Phi) is 8.02. The first-order valence-corrected chi connectivity index (χ1v) is 10.5. The smallest absolute Gasteiger partial charge is 0.266 e. The van der Waals surface area contributed by atoms with Gasteiger partial charge < -0.3 is 14.8 Å². The lowest BCUT2D eigenvalue weighted by Gasteiger charge is -2.14. The molecule has 0 radical (unpaired) electrons. The van der Waals surface area contributed by atoms with E-state index >= 15 is 0 Å². The molecular formula is C24H17Cl3N2O3. The number of hydrogen-bond donors (Lipinski definition) is 1. The maximum Gasteiger partial charge on any atom is 0.266 e. The Labute approximate surface area is 200 Å². The maximum atomic E-state index is 12.5. The highest BCUT2D eigenvalue weighted by Crippen LogP contribution is 2.38. The van der Waals surface area contributed by atoms with Crippen LogP contribution in [0.15, 0.2) is 66.2 Å². The van der Waals surface area contributed by atoms with Crippen molar-refractivity contribution in [2.75, 3.05) is 12.4 Å². The van der Waals surface area contributed by atoms with Crippen LogP contribution in [0.1, 0.15) is 11.1 Å². The molecular weight excluding hydrogens is 471 g/mol. The fourth-order valence-electron chi connectivity index (χ4n) is 2.81. The number of rotatable bonds is 7. The number of nitriles is 1. The maximum absolute atomic E-state index is 12.5. The van der Waals surface area contributed by atoms with Gasteiger partial charge in [-0.25, -0.2) is 0 Å². The molecule has 1 N–H and O–H groups in total. The zero-order chi connectivity index (χ0) is 23.1. The van der Waals surface area contributed by atoms with Gasteiger partial charge in [-0.05, 0) is 48.0 Å². The second kappa shape index (κ2) is 10.9. The van der Waals surface area contributed by atoms with Gasteiger partial charge in [-0.15, -0.1) is 0 Å². The monoisotopic (exact) mass is 486 g/mol. The minimum Gasteiger partial charge on any atom is -0.493 e. The summed E-state index contributed by atoms with van der Waals surface area (Å²) in [5, 5.41) is 13.4. The molecule has 0 fully saturated rings. The van der Waals surface area contributed by atoms with Crippen LogP contribution in [0.5, 0.6) is 11.5 Å². The number of halogens is 3. The Morgan fingerprint density at radius 3 is 2.53 bits per heavy atom. The highest BCUT2D eigenvalue weighted by Gasteiger charge is 2.15. The van der Waals surface area contributed by atoms with Crippen molar-refractivity contribution < 1.29 is 14.3 Å². The number of benzene rings is 3. The van der Waals surface area contributed by atoms with E-state index in [4.69, 9.17) is 44.3 Å². The van der Waals surface area contributed by atoms with E-state index in [0.717, 1.165) is 5.56 Å². The predicted molar refractivity (Wildman–Crippen MR) is 127 cm³/mol. The van der Waals surface area contributed by atoms with Gasteiger partial charge in [0.15, 0.2) is 11.5 Å². The number of amides is 1. The quantitative estimate of drug-likeness (QED) is 0.294. The van der Waals surface area contributed by atoms with E-state index in [-0.39, 0.29) is 17.2 Å². The molecule has 1 amide bonds. The van der Waals surface area contributed by atoms with Gasteiger partial charge in [-0.2, -0.15) is 5.26 Å². The fourth-order valence-corrected chi connectivity index (χ4v) is 3.46. The number of hydrogen-bond acceptors (Lipinski definition) is 4. The molecule has 32 heavy (non-hydrogen) atoms. The summed E-state index contributed by atoms with van der Waals surface area (Å²) in [6.07, 6.45) is 1.41. The summed E-state index contributed by atoms with van der Waals surface area (Å²) in [7, 11) is 1.47. The third kappa shape index (κ3) is 5.95. The molecule has 0 aromatic heterocycles. The lowest BCUT2D eigenvalue weighted by atomic mass is 10.1. The summed E-state index contributed by atoms with van der Waals surface area (Å²) < 4.78 is 11.2. The number of carbonyl (C=O) groups excluding carboxylic acids is 1. The molecule has 5 nitrogen and oxygen atoms in total. The first-order chi connectivity index (χ1) is 15.4. The van der Waals surface area contributed by atoms with E-state index < -0.39 is 5.91 Å². The number of carbonyl (C=O) groups is 1. The van der Waals surface area contributed by atoms with E-state index in [1.807, 2.05) is 24.3 Å². The van der Waals surface area contributed by atoms with Crippen molar-refractivity contribution in [3.05, 3.63) is 92.4 Å². The Bertz CT molecular complexity index is 1220. The molecule has 0 heterocycles. The molecule has 0 aliphatic rings. The van der Waals surface area contributed by atoms with E-state index in [2.05, 4.69) is 5.32 Å². The van der Waals surface area contributed by atoms with Crippen molar-refractivity contribution in [3.63, 3.8) is 0 Å². The third-order valence-corrected chi connectivity index (χ3v) is 5.22. The molecule has 0 saturated heterocycles. The number of nitrogens with zero attached hydrogens (tertiary/aromatic N) is 1. The Morgan fingerprint density at radius 2 is 1.84 bits per heavy atom. The van der Waals surface area contributed by atoms with Crippen LogP contribution >= 0.6 is 34.8 Å². The molecule has 0 spiro atoms. The van der Waals surface area contributed by atoms with Crippen LogP contribution in [0.3, 0.4) is 0 Å². The second-order valence-corrected chi connectivity index (χ2v) is 7.80. The molecule has 0 aliphatic carbocycles. The van der Waals surface area contributed by atoms with Crippen molar-refractivity contribution in [1.29, 1.82) is 5.26 Å². The SMILES string of the molecule is COc1cc(/C=C(\C#N)C(=O)Nc2cccc(Cl)c2)cc(Cl)c1OCc1ccccc1Cl. The first-order valence-electron chi connectivity index (χ1n) is 9.33. The molecule has 3 aromatic rings. The normalized spacial score (nSPS) is 10.9. The van der Waals surface area contributed by atoms with Gasteiger partial charge in [0.25, 0.3) is 5.91 Å². The Morgan fingerprint density at radius 1 is 1.06 bits per heavy atom. The van der Waals surface area contributed by atoms with Crippen LogP contribution in [-0.4, -0.2) is 13.0 Å². The van der Waals surface area contributed by atoms with Crippen molar-refractivity contribution in [2.24, 2.45) is 0 Å². The minimum atomic E-state index is -0.580. The van der Waals surface area contributed by atoms with Crippen molar-refractivity contribution in [3.8, 4) is 17.6 Å². The van der Waals surface area contributed by atoms with Gasteiger partial charge in [0.1, 0.15) is 18.2 Å². The number of methoxy groups -OCH3 is 1. The van der Waals surface area contributed by atoms with Crippen molar-refractivity contribution in [1.82, 2.24) is 0 Å². The highest BCUT2D eigenvalue weighted by atomic mass is 35.5. The summed E-state index contributed by atoms with van der Waals surface area (Å²) in [6.45, 7) is 0.191. The van der Waals surface area contributed by atoms with Crippen LogP contribution in [0.25, 0.3) is 6.08 Å². The molecule has 0 aliphatic heterocycles. The first kappa shape index (κ1) is 23.5. The van der Waals surface area contributed by atoms with Gasteiger partial charge in [0.2, 0.25) is 0 Å². The molecule has 8 heteroatoms. The van der Waals surface area contributed by atoms with Crippen LogP contribution in [0, 0.1) is 11.3 Å². The van der Waals surface area contributed by atoms with Crippen LogP contribution < -0.4 is 14.8 Å². The molecule has 0 unspecified atom stereocenters. The zero-order valence-corrected chi connectivity index (χ0v) is 19.1. The summed E-state index contributed by atoms with van der Waals surface area (Å²) in [5.74, 6) is 0.0976. The van der Waals surface area contributed by atoms with Crippen LogP contribution in [-0.2, 0) is 11.4 Å². The summed E-state index contributed by atoms with van der Waals surface area (Å²) in [5.41, 5.74) is 1.64. The van der Waals surface area contributed by atoms with Gasteiger partial charge in [0.05, 0.1) is 12.1 Å².